The summed E-state index contributed by atoms with van der Waals surface area (Å²) in [6.07, 6.45) is 12.3. The number of halogens is 3. The van der Waals surface area contributed by atoms with Crippen molar-refractivity contribution < 1.29 is 26.1 Å². The van der Waals surface area contributed by atoms with Crippen molar-refractivity contribution in [1.82, 2.24) is 0 Å². The number of rotatable bonds is 12. The van der Waals surface area contributed by atoms with Crippen LogP contribution in [0.4, 0.5) is 13.2 Å². The molecule has 0 N–H and O–H groups in total. The largest absolute Gasteiger partial charge is 0.741 e. The Balaban J connectivity index is 0.000000521. The molecule has 0 saturated heterocycles. The summed E-state index contributed by atoms with van der Waals surface area (Å²) in [5, 5.41) is 0. The Morgan fingerprint density at radius 3 is 1.43 bits per heavy atom. The molecule has 0 aliphatic rings. The minimum Gasteiger partial charge on any atom is -0.741 e. The fourth-order valence-electron chi connectivity index (χ4n) is 3.78. The van der Waals surface area contributed by atoms with Gasteiger partial charge in [0.25, 0.3) is 0 Å². The van der Waals surface area contributed by atoms with Crippen molar-refractivity contribution in [2.45, 2.75) is 84.9 Å². The summed E-state index contributed by atoms with van der Waals surface area (Å²) in [7, 11) is -6.13. The highest BCUT2D eigenvalue weighted by atomic mass is 32.2. The second-order valence-electron chi connectivity index (χ2n) is 8.70. The van der Waals surface area contributed by atoms with E-state index in [0.29, 0.717) is 0 Å². The molecular formula is C29H35F3O3S2. The van der Waals surface area contributed by atoms with Crippen LogP contribution in [0.5, 0.6) is 0 Å². The van der Waals surface area contributed by atoms with Gasteiger partial charge in [0.1, 0.15) is 0 Å². The van der Waals surface area contributed by atoms with Gasteiger partial charge in [-0.1, -0.05) is 100 Å². The summed E-state index contributed by atoms with van der Waals surface area (Å²) in [6, 6.07) is 31.2. The van der Waals surface area contributed by atoms with E-state index in [4.69, 9.17) is 13.0 Å². The van der Waals surface area contributed by atoms with E-state index in [1.807, 2.05) is 0 Å². The monoisotopic (exact) mass is 552 g/mol. The zero-order chi connectivity index (χ0) is 27.2. The first-order chi connectivity index (χ1) is 17.6. The van der Waals surface area contributed by atoms with Gasteiger partial charge in [0.15, 0.2) is 24.8 Å². The highest BCUT2D eigenvalue weighted by Crippen LogP contribution is 2.31. The fraction of sp³-hybridized carbons (Fsp3) is 0.379. The minimum atomic E-state index is -6.09. The predicted molar refractivity (Wildman–Crippen MR) is 144 cm³/mol. The van der Waals surface area contributed by atoms with Gasteiger partial charge in [-0.25, -0.2) is 8.42 Å². The van der Waals surface area contributed by atoms with E-state index in [-0.39, 0.29) is 10.9 Å². The van der Waals surface area contributed by atoms with Gasteiger partial charge in [-0.05, 0) is 54.8 Å². The van der Waals surface area contributed by atoms with Crippen LogP contribution in [-0.4, -0.2) is 18.5 Å². The molecule has 0 aliphatic heterocycles. The molecule has 202 valence electrons. The number of alkyl halides is 3. The number of hydrogen-bond acceptors (Lipinski definition) is 3. The molecule has 3 aromatic carbocycles. The first-order valence-corrected chi connectivity index (χ1v) is 15.2. The van der Waals surface area contributed by atoms with E-state index >= 15 is 0 Å². The molecule has 3 aromatic rings. The molecule has 37 heavy (non-hydrogen) atoms. The van der Waals surface area contributed by atoms with E-state index in [9.17, 15) is 13.2 Å². The standard InChI is InChI=1S/C28H35S.CHF3O3S/c1-2-3-4-5-6-7-8-11-16-25-21-23-28(24-22-25)29(26-17-12-9-13-18-26)27-19-14-10-15-20-27;2-1(3,4)8(5,6)7/h9-10,12-15,17-24H,2-8,11,16H2,1H3;(H,5,6,7)/q+1;/p-1. The summed E-state index contributed by atoms with van der Waals surface area (Å²) >= 11 is 0. The lowest BCUT2D eigenvalue weighted by Gasteiger charge is -2.09. The van der Waals surface area contributed by atoms with Crippen molar-refractivity contribution in [3.63, 3.8) is 0 Å². The van der Waals surface area contributed by atoms with E-state index in [1.54, 1.807) is 0 Å². The second kappa shape index (κ2) is 15.8. The third-order valence-electron chi connectivity index (χ3n) is 5.72. The molecule has 0 aliphatic carbocycles. The van der Waals surface area contributed by atoms with Crippen molar-refractivity contribution in [1.29, 1.82) is 0 Å². The highest BCUT2D eigenvalue weighted by Gasteiger charge is 2.37. The summed E-state index contributed by atoms with van der Waals surface area (Å²) in [5.74, 6) is 0. The van der Waals surface area contributed by atoms with Crippen molar-refractivity contribution in [2.24, 2.45) is 0 Å². The average Bonchev–Trinajstić information content (AvgIpc) is 2.87. The Labute approximate surface area is 222 Å². The molecule has 0 spiro atoms. The summed E-state index contributed by atoms with van der Waals surface area (Å²) in [6.45, 7) is 2.29. The lowest BCUT2D eigenvalue weighted by Crippen LogP contribution is -2.21. The molecule has 0 fully saturated rings. The summed E-state index contributed by atoms with van der Waals surface area (Å²) in [4.78, 5) is 4.17. The van der Waals surface area contributed by atoms with Crippen LogP contribution < -0.4 is 0 Å². The van der Waals surface area contributed by atoms with E-state index < -0.39 is 15.6 Å². The smallest absolute Gasteiger partial charge is 0.485 e. The van der Waals surface area contributed by atoms with Gasteiger partial charge in [-0.2, -0.15) is 13.2 Å². The van der Waals surface area contributed by atoms with Crippen LogP contribution in [0.2, 0.25) is 0 Å². The first-order valence-electron chi connectivity index (χ1n) is 12.6. The second-order valence-corrected chi connectivity index (χ2v) is 12.1. The molecule has 8 heteroatoms. The zero-order valence-electron chi connectivity index (χ0n) is 21.1. The normalized spacial score (nSPS) is 11.7. The van der Waals surface area contributed by atoms with Crippen LogP contribution in [0.1, 0.15) is 63.9 Å². The number of benzene rings is 3. The molecule has 0 amide bonds. The first kappa shape index (κ1) is 30.9. The Morgan fingerprint density at radius 1 is 0.649 bits per heavy atom. The van der Waals surface area contributed by atoms with E-state index in [1.165, 1.54) is 78.0 Å². The Bertz CT molecular complexity index is 1080. The number of hydrogen-bond donors (Lipinski definition) is 0. The Kier molecular flexibility index (Phi) is 13.2. The zero-order valence-corrected chi connectivity index (χ0v) is 22.8. The molecule has 0 bridgehead atoms. The topological polar surface area (TPSA) is 57.2 Å². The third kappa shape index (κ3) is 11.3. The van der Waals surface area contributed by atoms with Gasteiger partial charge in [0, 0.05) is 0 Å². The molecule has 0 atom stereocenters. The Hall–Kier alpha value is -2.29. The molecule has 0 radical (unpaired) electrons. The molecular weight excluding hydrogens is 517 g/mol. The van der Waals surface area contributed by atoms with Crippen LogP contribution in [0.25, 0.3) is 0 Å². The molecule has 0 unspecified atom stereocenters. The maximum Gasteiger partial charge on any atom is 0.485 e. The van der Waals surface area contributed by atoms with Gasteiger partial charge < -0.3 is 4.55 Å². The van der Waals surface area contributed by atoms with Crippen LogP contribution in [0.15, 0.2) is 99.6 Å². The van der Waals surface area contributed by atoms with Crippen LogP contribution in [-0.2, 0) is 27.4 Å². The maximum absolute atomic E-state index is 10.7. The van der Waals surface area contributed by atoms with Crippen LogP contribution in [0, 0.1) is 0 Å². The lowest BCUT2D eigenvalue weighted by atomic mass is 10.0. The Morgan fingerprint density at radius 2 is 1.03 bits per heavy atom. The van der Waals surface area contributed by atoms with Gasteiger partial charge in [0.05, 0.1) is 10.9 Å². The van der Waals surface area contributed by atoms with Gasteiger partial charge in [-0.3, -0.25) is 0 Å². The number of aryl methyl sites for hydroxylation is 1. The predicted octanol–water partition coefficient (Wildman–Crippen LogP) is 8.52. The van der Waals surface area contributed by atoms with Crippen LogP contribution in [0.3, 0.4) is 0 Å². The van der Waals surface area contributed by atoms with Crippen molar-refractivity contribution in [2.75, 3.05) is 0 Å². The van der Waals surface area contributed by atoms with Crippen molar-refractivity contribution >= 4 is 21.0 Å². The summed E-state index contributed by atoms with van der Waals surface area (Å²) in [5.41, 5.74) is -4.17. The summed E-state index contributed by atoms with van der Waals surface area (Å²) < 4.78 is 58.9. The van der Waals surface area contributed by atoms with Gasteiger partial charge >= 0.3 is 5.51 Å². The minimum absolute atomic E-state index is 0.0360. The molecule has 0 aromatic heterocycles. The van der Waals surface area contributed by atoms with Crippen molar-refractivity contribution in [3.05, 3.63) is 90.5 Å². The fourth-order valence-corrected chi connectivity index (χ4v) is 5.86. The quantitative estimate of drug-likeness (QED) is 0.0979. The van der Waals surface area contributed by atoms with Crippen molar-refractivity contribution in [3.8, 4) is 0 Å². The SMILES string of the molecule is CCCCCCCCCCc1ccc([S+](c2ccccc2)c2ccccc2)cc1.O=S(=O)([O-])C(F)(F)F. The number of unbranched alkanes of at least 4 members (excludes halogenated alkanes) is 7. The molecule has 3 nitrogen and oxygen atoms in total. The van der Waals surface area contributed by atoms with E-state index in [0.717, 1.165) is 0 Å². The van der Waals surface area contributed by atoms with Crippen LogP contribution >= 0.6 is 0 Å². The van der Waals surface area contributed by atoms with Gasteiger partial charge in [-0.15, -0.1) is 0 Å². The highest BCUT2D eigenvalue weighted by molar-refractivity contribution is 7.97. The third-order valence-corrected chi connectivity index (χ3v) is 8.52. The lowest BCUT2D eigenvalue weighted by molar-refractivity contribution is -0.0517. The maximum atomic E-state index is 10.7. The van der Waals surface area contributed by atoms with E-state index in [2.05, 4.69) is 91.9 Å². The molecule has 0 saturated carbocycles. The molecule has 0 heterocycles. The van der Waals surface area contributed by atoms with Gasteiger partial charge in [0.2, 0.25) is 0 Å². The molecule has 3 rings (SSSR count). The average molecular weight is 553 g/mol.